The summed E-state index contributed by atoms with van der Waals surface area (Å²) in [6, 6.07) is 7.53. The van der Waals surface area contributed by atoms with Gasteiger partial charge in [-0.05, 0) is 13.0 Å². The molecule has 2 aromatic rings. The summed E-state index contributed by atoms with van der Waals surface area (Å²) in [4.78, 5) is 15.3. The number of hydrogen-bond donors (Lipinski definition) is 0. The zero-order chi connectivity index (χ0) is 9.97. The van der Waals surface area contributed by atoms with Gasteiger partial charge in [0.2, 0.25) is 0 Å². The van der Waals surface area contributed by atoms with Crippen molar-refractivity contribution >= 4 is 17.1 Å². The number of rotatable bonds is 2. The van der Waals surface area contributed by atoms with Gasteiger partial charge in [-0.25, -0.2) is 4.98 Å². The monoisotopic (exact) mass is 203 g/mol. The van der Waals surface area contributed by atoms with Crippen LogP contribution in [0.2, 0.25) is 0 Å². The molecule has 1 aromatic heterocycles. The molecule has 2 nitrogen and oxygen atoms in total. The zero-order valence-corrected chi connectivity index (χ0v) is 8.54. The summed E-state index contributed by atoms with van der Waals surface area (Å²) < 4.78 is 0. The minimum absolute atomic E-state index is 0.0853. The van der Waals surface area contributed by atoms with E-state index < -0.39 is 0 Å². The maximum absolute atomic E-state index is 11.1. The maximum Gasteiger partial charge on any atom is 0.159 e. The van der Waals surface area contributed by atoms with Gasteiger partial charge in [-0.2, -0.15) is 0 Å². The van der Waals surface area contributed by atoms with Crippen LogP contribution in [0.15, 0.2) is 35.2 Å². The normalized spacial score (nSPS) is 10.1. The number of thiazole rings is 1. The van der Waals surface area contributed by atoms with Crippen LogP contribution in [0, 0.1) is 0 Å². The first kappa shape index (κ1) is 9.09. The van der Waals surface area contributed by atoms with Crippen molar-refractivity contribution < 1.29 is 4.79 Å². The molecule has 0 saturated heterocycles. The van der Waals surface area contributed by atoms with Crippen LogP contribution in [0.25, 0.3) is 11.3 Å². The van der Waals surface area contributed by atoms with Crippen molar-refractivity contribution in [3.63, 3.8) is 0 Å². The van der Waals surface area contributed by atoms with Gasteiger partial charge in [-0.1, -0.05) is 18.2 Å². The summed E-state index contributed by atoms with van der Waals surface area (Å²) in [5.41, 5.74) is 4.45. The second-order valence-electron chi connectivity index (χ2n) is 3.01. The predicted molar refractivity (Wildman–Crippen MR) is 57.6 cm³/mol. The topological polar surface area (TPSA) is 30.0 Å². The van der Waals surface area contributed by atoms with E-state index in [9.17, 15) is 4.79 Å². The van der Waals surface area contributed by atoms with E-state index in [4.69, 9.17) is 0 Å². The highest BCUT2D eigenvalue weighted by Gasteiger charge is 2.03. The Morgan fingerprint density at radius 1 is 1.43 bits per heavy atom. The van der Waals surface area contributed by atoms with E-state index in [1.54, 1.807) is 23.8 Å². The van der Waals surface area contributed by atoms with Gasteiger partial charge in [0.1, 0.15) is 0 Å². The lowest BCUT2D eigenvalue weighted by atomic mass is 10.1. The van der Waals surface area contributed by atoms with E-state index in [0.29, 0.717) is 0 Å². The third-order valence-corrected chi connectivity index (χ3v) is 2.58. The van der Waals surface area contributed by atoms with Gasteiger partial charge >= 0.3 is 0 Å². The van der Waals surface area contributed by atoms with Crippen LogP contribution in [0.1, 0.15) is 17.3 Å². The molecular weight excluding hydrogens is 194 g/mol. The second kappa shape index (κ2) is 3.72. The number of Topliss-reactive ketones (excluding diaryl/α,β-unsaturated/α-hetero) is 1. The Labute approximate surface area is 86.2 Å². The Hall–Kier alpha value is -1.48. The number of carbonyl (C=O) groups excluding carboxylic acids is 1. The van der Waals surface area contributed by atoms with E-state index >= 15 is 0 Å². The Morgan fingerprint density at radius 2 is 2.29 bits per heavy atom. The van der Waals surface area contributed by atoms with Gasteiger partial charge in [0.15, 0.2) is 5.78 Å². The van der Waals surface area contributed by atoms with Crippen molar-refractivity contribution in [3.05, 3.63) is 40.7 Å². The lowest BCUT2D eigenvalue weighted by Gasteiger charge is -1.99. The molecule has 0 aliphatic rings. The molecule has 1 heterocycles. The van der Waals surface area contributed by atoms with Crippen LogP contribution >= 0.6 is 11.3 Å². The van der Waals surface area contributed by atoms with Crippen LogP contribution in [-0.2, 0) is 0 Å². The molecule has 0 spiro atoms. The van der Waals surface area contributed by atoms with Gasteiger partial charge in [0, 0.05) is 16.5 Å². The molecule has 0 aliphatic heterocycles. The summed E-state index contributed by atoms with van der Waals surface area (Å²) in [5, 5.41) is 1.97. The lowest BCUT2D eigenvalue weighted by molar-refractivity contribution is 0.101. The quantitative estimate of drug-likeness (QED) is 0.702. The molecule has 0 unspecified atom stereocenters. The van der Waals surface area contributed by atoms with Crippen LogP contribution < -0.4 is 0 Å². The minimum atomic E-state index is 0.0853. The molecule has 0 aliphatic carbocycles. The lowest BCUT2D eigenvalue weighted by Crippen LogP contribution is -1.91. The standard InChI is InChI=1S/C11H9NOS/c1-8(13)9-3-2-4-10(5-9)11-6-14-7-12-11/h2-7H,1H3. The molecular formula is C11H9NOS. The number of aromatic nitrogens is 1. The number of carbonyl (C=O) groups is 1. The Bertz CT molecular complexity index is 448. The Balaban J connectivity index is 2.46. The maximum atomic E-state index is 11.1. The van der Waals surface area contributed by atoms with Gasteiger partial charge in [-0.15, -0.1) is 11.3 Å². The summed E-state index contributed by atoms with van der Waals surface area (Å²) in [5.74, 6) is 0.0853. The van der Waals surface area contributed by atoms with E-state index in [1.165, 1.54) is 0 Å². The molecule has 70 valence electrons. The SMILES string of the molecule is CC(=O)c1cccc(-c2cscn2)c1. The fourth-order valence-electron chi connectivity index (χ4n) is 1.25. The van der Waals surface area contributed by atoms with Crippen molar-refractivity contribution in [2.75, 3.05) is 0 Å². The summed E-state index contributed by atoms with van der Waals surface area (Å²) in [6.45, 7) is 1.57. The van der Waals surface area contributed by atoms with E-state index in [1.807, 2.05) is 29.6 Å². The number of hydrogen-bond acceptors (Lipinski definition) is 3. The first-order valence-corrected chi connectivity index (χ1v) is 5.21. The average Bonchev–Trinajstić information content (AvgIpc) is 2.71. The van der Waals surface area contributed by atoms with Gasteiger partial charge in [-0.3, -0.25) is 4.79 Å². The highest BCUT2D eigenvalue weighted by atomic mass is 32.1. The summed E-state index contributed by atoms with van der Waals surface area (Å²) >= 11 is 1.55. The molecule has 14 heavy (non-hydrogen) atoms. The van der Waals surface area contributed by atoms with Crippen molar-refractivity contribution in [2.24, 2.45) is 0 Å². The molecule has 0 saturated carbocycles. The number of nitrogens with zero attached hydrogens (tertiary/aromatic N) is 1. The van der Waals surface area contributed by atoms with Crippen molar-refractivity contribution in [2.45, 2.75) is 6.92 Å². The Kier molecular flexibility index (Phi) is 2.41. The van der Waals surface area contributed by atoms with Crippen molar-refractivity contribution in [3.8, 4) is 11.3 Å². The third kappa shape index (κ3) is 1.72. The molecule has 1 aromatic carbocycles. The van der Waals surface area contributed by atoms with Crippen molar-refractivity contribution in [1.29, 1.82) is 0 Å². The first-order valence-electron chi connectivity index (χ1n) is 4.27. The molecule has 0 N–H and O–H groups in total. The highest BCUT2D eigenvalue weighted by molar-refractivity contribution is 7.07. The van der Waals surface area contributed by atoms with Gasteiger partial charge in [0.05, 0.1) is 11.2 Å². The summed E-state index contributed by atoms with van der Waals surface area (Å²) in [6.07, 6.45) is 0. The van der Waals surface area contributed by atoms with Gasteiger partial charge in [0.25, 0.3) is 0 Å². The molecule has 2 rings (SSSR count). The van der Waals surface area contributed by atoms with E-state index in [-0.39, 0.29) is 5.78 Å². The fourth-order valence-corrected chi connectivity index (χ4v) is 1.81. The van der Waals surface area contributed by atoms with E-state index in [0.717, 1.165) is 16.8 Å². The molecule has 3 heteroatoms. The van der Waals surface area contributed by atoms with Gasteiger partial charge < -0.3 is 0 Å². The molecule has 0 atom stereocenters. The molecule has 0 radical (unpaired) electrons. The average molecular weight is 203 g/mol. The number of ketones is 1. The van der Waals surface area contributed by atoms with Crippen LogP contribution in [0.3, 0.4) is 0 Å². The highest BCUT2D eigenvalue weighted by Crippen LogP contribution is 2.20. The largest absolute Gasteiger partial charge is 0.295 e. The minimum Gasteiger partial charge on any atom is -0.295 e. The molecule has 0 bridgehead atoms. The second-order valence-corrected chi connectivity index (χ2v) is 3.73. The fraction of sp³-hybridized carbons (Fsp3) is 0.0909. The van der Waals surface area contributed by atoms with Crippen molar-refractivity contribution in [1.82, 2.24) is 4.98 Å². The van der Waals surface area contributed by atoms with Crippen LogP contribution in [-0.4, -0.2) is 10.8 Å². The first-order chi connectivity index (χ1) is 6.77. The van der Waals surface area contributed by atoms with Crippen LogP contribution in [0.4, 0.5) is 0 Å². The third-order valence-electron chi connectivity index (χ3n) is 2.00. The van der Waals surface area contributed by atoms with Crippen LogP contribution in [0.5, 0.6) is 0 Å². The molecule has 0 fully saturated rings. The molecule has 0 amide bonds. The number of benzene rings is 1. The zero-order valence-electron chi connectivity index (χ0n) is 7.73. The van der Waals surface area contributed by atoms with E-state index in [2.05, 4.69) is 4.98 Å². The summed E-state index contributed by atoms with van der Waals surface area (Å²) in [7, 11) is 0. The predicted octanol–water partition coefficient (Wildman–Crippen LogP) is 3.01. The smallest absolute Gasteiger partial charge is 0.159 e. The Morgan fingerprint density at radius 3 is 2.93 bits per heavy atom.